The molecule has 0 aliphatic carbocycles. The van der Waals surface area contributed by atoms with Gasteiger partial charge in [-0.25, -0.2) is 0 Å². The van der Waals surface area contributed by atoms with Crippen LogP contribution in [-0.2, 0) is 6.42 Å². The van der Waals surface area contributed by atoms with E-state index in [2.05, 4.69) is 47.8 Å². The van der Waals surface area contributed by atoms with E-state index < -0.39 is 0 Å². The Kier molecular flexibility index (Phi) is 5.63. The summed E-state index contributed by atoms with van der Waals surface area (Å²) >= 11 is 0. The number of ether oxygens (including phenoxy) is 1. The summed E-state index contributed by atoms with van der Waals surface area (Å²) in [5.41, 5.74) is 2.77. The van der Waals surface area contributed by atoms with E-state index in [9.17, 15) is 0 Å². The van der Waals surface area contributed by atoms with Gasteiger partial charge in [-0.1, -0.05) is 42.5 Å². The fraction of sp³-hybridized carbons (Fsp3) is 0.333. The predicted octanol–water partition coefficient (Wildman–Crippen LogP) is 3.63. The van der Waals surface area contributed by atoms with Crippen molar-refractivity contribution in [3.05, 3.63) is 65.7 Å². The molecule has 2 nitrogen and oxygen atoms in total. The van der Waals surface area contributed by atoms with Crippen molar-refractivity contribution in [3.63, 3.8) is 0 Å². The van der Waals surface area contributed by atoms with Crippen molar-refractivity contribution in [3.8, 4) is 5.75 Å². The highest BCUT2D eigenvalue weighted by Gasteiger charge is 2.11. The van der Waals surface area contributed by atoms with Crippen LogP contribution in [0, 0.1) is 0 Å². The van der Waals surface area contributed by atoms with Crippen LogP contribution in [0.4, 0.5) is 0 Å². The SMILES string of the molecule is CNCCC(Cc1ccc(OC)cc1)c1ccccc1. The second-order valence-electron chi connectivity index (χ2n) is 5.05. The van der Waals surface area contributed by atoms with Gasteiger partial charge in [-0.05, 0) is 55.6 Å². The first-order valence-corrected chi connectivity index (χ1v) is 7.16. The van der Waals surface area contributed by atoms with Crippen LogP contribution in [0.3, 0.4) is 0 Å². The van der Waals surface area contributed by atoms with Crippen LogP contribution in [0.15, 0.2) is 54.6 Å². The Morgan fingerprint density at radius 1 is 1.00 bits per heavy atom. The zero-order valence-corrected chi connectivity index (χ0v) is 12.3. The first-order chi connectivity index (χ1) is 9.83. The zero-order chi connectivity index (χ0) is 14.2. The molecule has 0 saturated heterocycles. The summed E-state index contributed by atoms with van der Waals surface area (Å²) in [4.78, 5) is 0. The van der Waals surface area contributed by atoms with Crippen molar-refractivity contribution < 1.29 is 4.74 Å². The van der Waals surface area contributed by atoms with Gasteiger partial charge in [-0.2, -0.15) is 0 Å². The minimum Gasteiger partial charge on any atom is -0.497 e. The summed E-state index contributed by atoms with van der Waals surface area (Å²) in [6.45, 7) is 1.04. The molecule has 0 bridgehead atoms. The fourth-order valence-electron chi connectivity index (χ4n) is 2.48. The number of hydrogen-bond donors (Lipinski definition) is 1. The van der Waals surface area contributed by atoms with Gasteiger partial charge in [0.15, 0.2) is 0 Å². The van der Waals surface area contributed by atoms with Crippen molar-refractivity contribution in [2.45, 2.75) is 18.8 Å². The van der Waals surface area contributed by atoms with Gasteiger partial charge in [-0.15, -0.1) is 0 Å². The molecule has 1 atom stereocenters. The highest BCUT2D eigenvalue weighted by molar-refractivity contribution is 5.29. The lowest BCUT2D eigenvalue weighted by atomic mass is 9.89. The zero-order valence-electron chi connectivity index (χ0n) is 12.3. The smallest absolute Gasteiger partial charge is 0.118 e. The maximum Gasteiger partial charge on any atom is 0.118 e. The van der Waals surface area contributed by atoms with Crippen molar-refractivity contribution in [1.82, 2.24) is 5.32 Å². The largest absolute Gasteiger partial charge is 0.497 e. The number of benzene rings is 2. The normalized spacial score (nSPS) is 12.1. The molecular formula is C18H23NO. The average Bonchev–Trinajstić information content (AvgIpc) is 2.53. The predicted molar refractivity (Wildman–Crippen MR) is 84.4 cm³/mol. The first-order valence-electron chi connectivity index (χ1n) is 7.16. The molecule has 2 rings (SSSR count). The number of hydrogen-bond acceptors (Lipinski definition) is 2. The lowest BCUT2D eigenvalue weighted by molar-refractivity contribution is 0.414. The molecule has 0 aliphatic rings. The molecule has 0 amide bonds. The Balaban J connectivity index is 2.10. The van der Waals surface area contributed by atoms with E-state index >= 15 is 0 Å². The molecule has 106 valence electrons. The quantitative estimate of drug-likeness (QED) is 0.828. The molecule has 2 aromatic carbocycles. The van der Waals surface area contributed by atoms with Gasteiger partial charge in [0.1, 0.15) is 5.75 Å². The molecule has 2 heteroatoms. The van der Waals surface area contributed by atoms with Gasteiger partial charge < -0.3 is 10.1 Å². The molecular weight excluding hydrogens is 246 g/mol. The van der Waals surface area contributed by atoms with Crippen molar-refractivity contribution >= 4 is 0 Å². The van der Waals surface area contributed by atoms with Crippen molar-refractivity contribution in [1.29, 1.82) is 0 Å². The van der Waals surface area contributed by atoms with E-state index in [0.717, 1.165) is 25.1 Å². The summed E-state index contributed by atoms with van der Waals surface area (Å²) in [7, 11) is 3.71. The molecule has 0 fully saturated rings. The Labute approximate surface area is 121 Å². The molecule has 0 aromatic heterocycles. The van der Waals surface area contributed by atoms with Gasteiger partial charge in [0, 0.05) is 0 Å². The van der Waals surface area contributed by atoms with Gasteiger partial charge in [0.25, 0.3) is 0 Å². The van der Waals surface area contributed by atoms with Crippen LogP contribution in [0.2, 0.25) is 0 Å². The molecule has 0 aliphatic heterocycles. The van der Waals surface area contributed by atoms with Crippen LogP contribution in [0.1, 0.15) is 23.5 Å². The van der Waals surface area contributed by atoms with Crippen LogP contribution in [-0.4, -0.2) is 20.7 Å². The third-order valence-corrected chi connectivity index (χ3v) is 3.65. The summed E-state index contributed by atoms with van der Waals surface area (Å²) in [6.07, 6.45) is 2.21. The second-order valence-corrected chi connectivity index (χ2v) is 5.05. The van der Waals surface area contributed by atoms with E-state index in [4.69, 9.17) is 4.74 Å². The fourth-order valence-corrected chi connectivity index (χ4v) is 2.48. The summed E-state index contributed by atoms with van der Waals surface area (Å²) < 4.78 is 5.21. The highest BCUT2D eigenvalue weighted by Crippen LogP contribution is 2.25. The molecule has 0 saturated carbocycles. The standard InChI is InChI=1S/C18H23NO/c1-19-13-12-17(16-6-4-3-5-7-16)14-15-8-10-18(20-2)11-9-15/h3-11,17,19H,12-14H2,1-2H3. The average molecular weight is 269 g/mol. The third-order valence-electron chi connectivity index (χ3n) is 3.65. The van der Waals surface area contributed by atoms with Gasteiger partial charge in [-0.3, -0.25) is 0 Å². The van der Waals surface area contributed by atoms with Crippen LogP contribution in [0.5, 0.6) is 5.75 Å². The maximum absolute atomic E-state index is 5.21. The minimum atomic E-state index is 0.553. The van der Waals surface area contributed by atoms with Crippen molar-refractivity contribution in [2.75, 3.05) is 20.7 Å². The minimum absolute atomic E-state index is 0.553. The number of nitrogens with one attached hydrogen (secondary N) is 1. The van der Waals surface area contributed by atoms with E-state index in [1.54, 1.807) is 7.11 Å². The molecule has 0 heterocycles. The summed E-state index contributed by atoms with van der Waals surface area (Å²) in [6, 6.07) is 19.2. The van der Waals surface area contributed by atoms with E-state index in [1.807, 2.05) is 19.2 Å². The maximum atomic E-state index is 5.21. The van der Waals surface area contributed by atoms with Crippen LogP contribution >= 0.6 is 0 Å². The van der Waals surface area contributed by atoms with Crippen LogP contribution < -0.4 is 10.1 Å². The number of rotatable bonds is 7. The van der Waals surface area contributed by atoms with E-state index in [0.29, 0.717) is 5.92 Å². The van der Waals surface area contributed by atoms with Crippen LogP contribution in [0.25, 0.3) is 0 Å². The third kappa shape index (κ3) is 4.10. The molecule has 1 N–H and O–H groups in total. The van der Waals surface area contributed by atoms with E-state index in [-0.39, 0.29) is 0 Å². The molecule has 2 aromatic rings. The van der Waals surface area contributed by atoms with Gasteiger partial charge in [0.2, 0.25) is 0 Å². The van der Waals surface area contributed by atoms with Gasteiger partial charge >= 0.3 is 0 Å². The second kappa shape index (κ2) is 7.71. The number of methoxy groups -OCH3 is 1. The molecule has 0 radical (unpaired) electrons. The summed E-state index contributed by atoms with van der Waals surface area (Å²) in [5, 5.41) is 3.25. The molecule has 0 spiro atoms. The lowest BCUT2D eigenvalue weighted by Gasteiger charge is -2.17. The summed E-state index contributed by atoms with van der Waals surface area (Å²) in [5.74, 6) is 1.47. The first kappa shape index (κ1) is 14.6. The van der Waals surface area contributed by atoms with E-state index in [1.165, 1.54) is 11.1 Å². The molecule has 20 heavy (non-hydrogen) atoms. The Morgan fingerprint density at radius 2 is 1.70 bits per heavy atom. The lowest BCUT2D eigenvalue weighted by Crippen LogP contribution is -2.14. The Bertz CT molecular complexity index is 493. The monoisotopic (exact) mass is 269 g/mol. The Hall–Kier alpha value is -1.80. The Morgan fingerprint density at radius 3 is 2.30 bits per heavy atom. The highest BCUT2D eigenvalue weighted by atomic mass is 16.5. The topological polar surface area (TPSA) is 21.3 Å². The van der Waals surface area contributed by atoms with Crippen molar-refractivity contribution in [2.24, 2.45) is 0 Å². The molecule has 1 unspecified atom stereocenters. The van der Waals surface area contributed by atoms with Gasteiger partial charge in [0.05, 0.1) is 7.11 Å².